The lowest BCUT2D eigenvalue weighted by Gasteiger charge is -2.21. The van der Waals surface area contributed by atoms with Gasteiger partial charge in [0.25, 0.3) is 0 Å². The van der Waals surface area contributed by atoms with Crippen LogP contribution < -0.4 is 5.32 Å². The van der Waals surface area contributed by atoms with Gasteiger partial charge in [0, 0.05) is 12.2 Å². The zero-order valence-corrected chi connectivity index (χ0v) is 9.79. The molecule has 1 aromatic rings. The molecule has 96 valence electrons. The van der Waals surface area contributed by atoms with Crippen molar-refractivity contribution in [3.63, 3.8) is 0 Å². The molecule has 0 bridgehead atoms. The summed E-state index contributed by atoms with van der Waals surface area (Å²) < 4.78 is 41.5. The highest BCUT2D eigenvalue weighted by Gasteiger charge is 2.37. The number of nitrogens with one attached hydrogen (secondary N) is 1. The first-order valence-electron chi connectivity index (χ1n) is 5.40. The minimum absolute atomic E-state index is 0.338. The molecular weight excluding hydrogens is 231 g/mol. The molecule has 1 rings (SSSR count). The minimum Gasteiger partial charge on any atom is -0.382 e. The van der Waals surface area contributed by atoms with E-state index >= 15 is 0 Å². The number of alkyl halides is 3. The SMILES string of the molecule is CC(CNc1ccccc1)OC(C)C(F)(F)F. The van der Waals surface area contributed by atoms with Gasteiger partial charge < -0.3 is 10.1 Å². The van der Waals surface area contributed by atoms with E-state index in [-0.39, 0.29) is 0 Å². The summed E-state index contributed by atoms with van der Waals surface area (Å²) in [5.41, 5.74) is 0.864. The van der Waals surface area contributed by atoms with Gasteiger partial charge in [-0.15, -0.1) is 0 Å². The molecule has 5 heteroatoms. The number of rotatable bonds is 5. The Balaban J connectivity index is 2.33. The van der Waals surface area contributed by atoms with Gasteiger partial charge in [0.05, 0.1) is 6.10 Å². The standard InChI is InChI=1S/C12H16F3NO/c1-9(17-10(2)12(13,14)15)8-16-11-6-4-3-5-7-11/h3-7,9-10,16H,8H2,1-2H3. The first-order valence-corrected chi connectivity index (χ1v) is 5.40. The molecule has 2 atom stereocenters. The second-order valence-corrected chi connectivity index (χ2v) is 3.88. The number of ether oxygens (including phenoxy) is 1. The van der Waals surface area contributed by atoms with Gasteiger partial charge in [-0.3, -0.25) is 0 Å². The van der Waals surface area contributed by atoms with Crippen LogP contribution in [0.15, 0.2) is 30.3 Å². The maximum atomic E-state index is 12.2. The molecular formula is C12H16F3NO. The van der Waals surface area contributed by atoms with Crippen LogP contribution in [0.25, 0.3) is 0 Å². The van der Waals surface area contributed by atoms with E-state index in [2.05, 4.69) is 5.32 Å². The Labute approximate surface area is 98.8 Å². The lowest BCUT2D eigenvalue weighted by atomic mass is 10.3. The van der Waals surface area contributed by atoms with E-state index in [0.29, 0.717) is 6.54 Å². The number of anilines is 1. The zero-order valence-electron chi connectivity index (χ0n) is 9.79. The van der Waals surface area contributed by atoms with Crippen molar-refractivity contribution in [3.8, 4) is 0 Å². The van der Waals surface area contributed by atoms with Crippen LogP contribution >= 0.6 is 0 Å². The molecule has 0 aliphatic heterocycles. The Morgan fingerprint density at radius 3 is 2.29 bits per heavy atom. The minimum atomic E-state index is -4.30. The lowest BCUT2D eigenvalue weighted by Crippen LogP contribution is -2.34. The van der Waals surface area contributed by atoms with Gasteiger partial charge in [-0.05, 0) is 26.0 Å². The van der Waals surface area contributed by atoms with Crippen LogP contribution in [0.2, 0.25) is 0 Å². The van der Waals surface area contributed by atoms with Gasteiger partial charge in [-0.1, -0.05) is 18.2 Å². The monoisotopic (exact) mass is 247 g/mol. The maximum absolute atomic E-state index is 12.2. The summed E-state index contributed by atoms with van der Waals surface area (Å²) in [6, 6.07) is 9.27. The van der Waals surface area contributed by atoms with Crippen LogP contribution in [0.1, 0.15) is 13.8 Å². The van der Waals surface area contributed by atoms with Crippen LogP contribution in [-0.2, 0) is 4.74 Å². The largest absolute Gasteiger partial charge is 0.414 e. The number of benzene rings is 1. The van der Waals surface area contributed by atoms with Crippen molar-refractivity contribution in [2.45, 2.75) is 32.2 Å². The number of hydrogen-bond donors (Lipinski definition) is 1. The third kappa shape index (κ3) is 5.08. The maximum Gasteiger partial charge on any atom is 0.414 e. The van der Waals surface area contributed by atoms with Crippen LogP contribution in [0.4, 0.5) is 18.9 Å². The summed E-state index contributed by atoms with van der Waals surface area (Å²) in [5.74, 6) is 0. The van der Waals surface area contributed by atoms with Gasteiger partial charge in [0.1, 0.15) is 0 Å². The van der Waals surface area contributed by atoms with Crippen LogP contribution in [0, 0.1) is 0 Å². The fourth-order valence-corrected chi connectivity index (χ4v) is 1.29. The molecule has 0 heterocycles. The van der Waals surface area contributed by atoms with Gasteiger partial charge in [-0.25, -0.2) is 0 Å². The molecule has 0 spiro atoms. The third-order valence-electron chi connectivity index (χ3n) is 2.26. The Hall–Kier alpha value is -1.23. The normalized spacial score (nSPS) is 15.4. The Morgan fingerprint density at radius 2 is 1.76 bits per heavy atom. The summed E-state index contributed by atoms with van der Waals surface area (Å²) in [4.78, 5) is 0. The molecule has 0 fully saturated rings. The van der Waals surface area contributed by atoms with E-state index in [1.54, 1.807) is 6.92 Å². The molecule has 0 radical (unpaired) electrons. The highest BCUT2D eigenvalue weighted by Crippen LogP contribution is 2.23. The molecule has 0 aliphatic carbocycles. The van der Waals surface area contributed by atoms with Gasteiger partial charge in [0.15, 0.2) is 6.10 Å². The Kier molecular flexibility index (Phi) is 4.81. The van der Waals surface area contributed by atoms with Crippen molar-refractivity contribution in [1.82, 2.24) is 0 Å². The average molecular weight is 247 g/mol. The predicted molar refractivity (Wildman–Crippen MR) is 61.0 cm³/mol. The molecule has 1 aromatic carbocycles. The van der Waals surface area contributed by atoms with Crippen molar-refractivity contribution < 1.29 is 17.9 Å². The number of halogens is 3. The summed E-state index contributed by atoms with van der Waals surface area (Å²) in [7, 11) is 0. The topological polar surface area (TPSA) is 21.3 Å². The van der Waals surface area contributed by atoms with Crippen LogP contribution in [0.3, 0.4) is 0 Å². The first-order chi connectivity index (χ1) is 7.89. The molecule has 1 N–H and O–H groups in total. The molecule has 0 saturated heterocycles. The van der Waals surface area contributed by atoms with Crippen molar-refractivity contribution >= 4 is 5.69 Å². The lowest BCUT2D eigenvalue weighted by molar-refractivity contribution is -0.223. The molecule has 0 amide bonds. The van der Waals surface area contributed by atoms with Gasteiger partial charge in [-0.2, -0.15) is 13.2 Å². The fourth-order valence-electron chi connectivity index (χ4n) is 1.29. The van der Waals surface area contributed by atoms with Crippen molar-refractivity contribution in [2.75, 3.05) is 11.9 Å². The van der Waals surface area contributed by atoms with E-state index < -0.39 is 18.4 Å². The van der Waals surface area contributed by atoms with E-state index in [9.17, 15) is 13.2 Å². The summed E-state index contributed by atoms with van der Waals surface area (Å²) in [6.45, 7) is 2.96. The molecule has 2 unspecified atom stereocenters. The van der Waals surface area contributed by atoms with E-state index in [4.69, 9.17) is 4.74 Å². The zero-order chi connectivity index (χ0) is 12.9. The molecule has 17 heavy (non-hydrogen) atoms. The highest BCUT2D eigenvalue weighted by atomic mass is 19.4. The Bertz CT molecular complexity index is 326. The molecule has 2 nitrogen and oxygen atoms in total. The number of hydrogen-bond acceptors (Lipinski definition) is 2. The van der Waals surface area contributed by atoms with Crippen molar-refractivity contribution in [3.05, 3.63) is 30.3 Å². The Morgan fingerprint density at radius 1 is 1.18 bits per heavy atom. The predicted octanol–water partition coefficient (Wildman–Crippen LogP) is 3.45. The quantitative estimate of drug-likeness (QED) is 0.860. The summed E-state index contributed by atoms with van der Waals surface area (Å²) >= 11 is 0. The smallest absolute Gasteiger partial charge is 0.382 e. The van der Waals surface area contributed by atoms with E-state index in [1.165, 1.54) is 0 Å². The van der Waals surface area contributed by atoms with Crippen molar-refractivity contribution in [2.24, 2.45) is 0 Å². The molecule has 0 saturated carbocycles. The van der Waals surface area contributed by atoms with Crippen LogP contribution in [0.5, 0.6) is 0 Å². The molecule has 0 aromatic heterocycles. The average Bonchev–Trinajstić information content (AvgIpc) is 2.26. The van der Waals surface area contributed by atoms with Gasteiger partial charge in [0.2, 0.25) is 0 Å². The summed E-state index contributed by atoms with van der Waals surface area (Å²) in [6.07, 6.45) is -6.55. The van der Waals surface area contributed by atoms with E-state index in [1.807, 2.05) is 30.3 Å². The first kappa shape index (κ1) is 13.8. The van der Waals surface area contributed by atoms with Crippen LogP contribution in [-0.4, -0.2) is 24.9 Å². The third-order valence-corrected chi connectivity index (χ3v) is 2.26. The van der Waals surface area contributed by atoms with Gasteiger partial charge >= 0.3 is 6.18 Å². The second kappa shape index (κ2) is 5.91. The van der Waals surface area contributed by atoms with E-state index in [0.717, 1.165) is 12.6 Å². The highest BCUT2D eigenvalue weighted by molar-refractivity contribution is 5.42. The summed E-state index contributed by atoms with van der Waals surface area (Å²) in [5, 5.41) is 3.01. The van der Waals surface area contributed by atoms with Crippen molar-refractivity contribution in [1.29, 1.82) is 0 Å². The second-order valence-electron chi connectivity index (χ2n) is 3.88. The number of para-hydroxylation sites is 1. The molecule has 0 aliphatic rings. The fraction of sp³-hybridized carbons (Fsp3) is 0.500.